The smallest absolute Gasteiger partial charge is 0.337 e. The summed E-state index contributed by atoms with van der Waals surface area (Å²) in [6.45, 7) is 1.58. The summed E-state index contributed by atoms with van der Waals surface area (Å²) < 4.78 is 10.8. The summed E-state index contributed by atoms with van der Waals surface area (Å²) in [5.41, 5.74) is 5.59. The van der Waals surface area contributed by atoms with Gasteiger partial charge in [-0.3, -0.25) is 0 Å². The van der Waals surface area contributed by atoms with Gasteiger partial charge in [0.25, 0.3) is 0 Å². The van der Waals surface area contributed by atoms with E-state index in [1.807, 2.05) is 0 Å². The molecule has 1 aromatic rings. The lowest BCUT2D eigenvalue weighted by atomic mass is 10.0. The van der Waals surface area contributed by atoms with Crippen LogP contribution < -0.4 is 11.1 Å². The first-order valence-corrected chi connectivity index (χ1v) is 5.92. The molecule has 1 aromatic heterocycles. The molecule has 2 rings (SSSR count). The van der Waals surface area contributed by atoms with Gasteiger partial charge in [-0.25, -0.2) is 9.78 Å². The number of nitrogens with two attached hydrogens (primary N) is 1. The van der Waals surface area contributed by atoms with Crippen molar-refractivity contribution in [3.05, 3.63) is 17.8 Å². The van der Waals surface area contributed by atoms with Crippen LogP contribution in [0.4, 0.5) is 11.5 Å². The summed E-state index contributed by atoms with van der Waals surface area (Å²) in [5, 5.41) is 12.2. The molecular weight excluding hydrogens is 250 g/mol. The molecule has 1 aliphatic heterocycles. The van der Waals surface area contributed by atoms with Crippen LogP contribution in [0, 0.1) is 0 Å². The van der Waals surface area contributed by atoms with E-state index in [-0.39, 0.29) is 11.4 Å². The van der Waals surface area contributed by atoms with Gasteiger partial charge < -0.3 is 25.6 Å². The topological polar surface area (TPSA) is 107 Å². The van der Waals surface area contributed by atoms with Crippen molar-refractivity contribution < 1.29 is 19.4 Å². The third-order valence-electron chi connectivity index (χ3n) is 3.26. The van der Waals surface area contributed by atoms with E-state index in [9.17, 15) is 4.79 Å². The number of aromatic nitrogens is 1. The van der Waals surface area contributed by atoms with Crippen LogP contribution >= 0.6 is 0 Å². The van der Waals surface area contributed by atoms with Crippen LogP contribution in [0.1, 0.15) is 16.8 Å². The van der Waals surface area contributed by atoms with Gasteiger partial charge >= 0.3 is 5.97 Å². The van der Waals surface area contributed by atoms with Crippen molar-refractivity contribution in [2.24, 2.45) is 0 Å². The molecule has 0 amide bonds. The van der Waals surface area contributed by atoms with E-state index in [1.165, 1.54) is 12.3 Å². The Balaban J connectivity index is 2.13. The van der Waals surface area contributed by atoms with E-state index >= 15 is 0 Å². The monoisotopic (exact) mass is 267 g/mol. The Morgan fingerprint density at radius 1 is 1.74 bits per heavy atom. The number of pyridine rings is 1. The second kappa shape index (κ2) is 5.41. The van der Waals surface area contributed by atoms with Gasteiger partial charge in [-0.1, -0.05) is 0 Å². The number of nitrogens with one attached hydrogen (secondary N) is 1. The number of carbonyl (C=O) groups is 1. The predicted molar refractivity (Wildman–Crippen MR) is 69.3 cm³/mol. The Morgan fingerprint density at radius 2 is 2.53 bits per heavy atom. The Labute approximate surface area is 110 Å². The molecule has 19 heavy (non-hydrogen) atoms. The molecule has 4 N–H and O–H groups in total. The van der Waals surface area contributed by atoms with E-state index in [4.69, 9.17) is 20.3 Å². The first-order valence-electron chi connectivity index (χ1n) is 5.92. The van der Waals surface area contributed by atoms with Crippen LogP contribution in [0.5, 0.6) is 0 Å². The largest absolute Gasteiger partial charge is 0.478 e. The average molecular weight is 267 g/mol. The summed E-state index contributed by atoms with van der Waals surface area (Å²) in [4.78, 5) is 15.0. The van der Waals surface area contributed by atoms with Crippen molar-refractivity contribution in [2.75, 3.05) is 37.9 Å². The number of aromatic carboxylic acids is 1. The lowest BCUT2D eigenvalue weighted by Crippen LogP contribution is -2.39. The highest BCUT2D eigenvalue weighted by Crippen LogP contribution is 2.24. The van der Waals surface area contributed by atoms with Gasteiger partial charge in [0.05, 0.1) is 24.1 Å². The van der Waals surface area contributed by atoms with Crippen molar-refractivity contribution in [3.63, 3.8) is 0 Å². The molecular formula is C12H17N3O4. The maximum Gasteiger partial charge on any atom is 0.337 e. The van der Waals surface area contributed by atoms with Gasteiger partial charge in [-0.05, 0) is 6.07 Å². The molecule has 7 heteroatoms. The minimum absolute atomic E-state index is 0.0951. The van der Waals surface area contributed by atoms with E-state index in [0.717, 1.165) is 6.42 Å². The SMILES string of the molecule is COC1(CNc2cnc(N)cc2C(=O)O)CCOC1. The van der Waals surface area contributed by atoms with Crippen molar-refractivity contribution in [3.8, 4) is 0 Å². The average Bonchev–Trinajstić information content (AvgIpc) is 2.86. The fourth-order valence-corrected chi connectivity index (χ4v) is 2.01. The standard InChI is InChI=1S/C12H17N3O4/c1-18-12(2-3-19-7-12)6-15-9-5-14-10(13)4-8(9)11(16)17/h4-5,15H,2-3,6-7H2,1H3,(H2,13,14)(H,16,17). The molecule has 1 fully saturated rings. The third kappa shape index (κ3) is 2.94. The van der Waals surface area contributed by atoms with E-state index in [1.54, 1.807) is 7.11 Å². The number of nitrogens with zero attached hydrogens (tertiary/aromatic N) is 1. The summed E-state index contributed by atoms with van der Waals surface area (Å²) in [6.07, 6.45) is 2.18. The lowest BCUT2D eigenvalue weighted by molar-refractivity contribution is -0.00622. The lowest BCUT2D eigenvalue weighted by Gasteiger charge is -2.26. The van der Waals surface area contributed by atoms with Gasteiger partial charge in [-0.2, -0.15) is 0 Å². The zero-order valence-electron chi connectivity index (χ0n) is 10.7. The molecule has 0 bridgehead atoms. The summed E-state index contributed by atoms with van der Waals surface area (Å²) in [5.74, 6) is -0.876. The van der Waals surface area contributed by atoms with Gasteiger partial charge in [0, 0.05) is 26.7 Å². The van der Waals surface area contributed by atoms with Gasteiger partial charge in [0.2, 0.25) is 0 Å². The molecule has 0 aliphatic carbocycles. The summed E-state index contributed by atoms with van der Waals surface area (Å²) >= 11 is 0. The molecule has 1 unspecified atom stereocenters. The van der Waals surface area contributed by atoms with Gasteiger partial charge in [0.15, 0.2) is 0 Å². The summed E-state index contributed by atoms with van der Waals surface area (Å²) in [6, 6.07) is 1.33. The molecule has 0 radical (unpaired) electrons. The van der Waals surface area contributed by atoms with E-state index in [0.29, 0.717) is 25.4 Å². The minimum atomic E-state index is -1.05. The van der Waals surface area contributed by atoms with Crippen LogP contribution in [0.25, 0.3) is 0 Å². The normalized spacial score (nSPS) is 22.4. The maximum absolute atomic E-state index is 11.1. The fraction of sp³-hybridized carbons (Fsp3) is 0.500. The highest BCUT2D eigenvalue weighted by molar-refractivity contribution is 5.94. The number of hydrogen-bond acceptors (Lipinski definition) is 6. The van der Waals surface area contributed by atoms with Crippen molar-refractivity contribution in [2.45, 2.75) is 12.0 Å². The second-order valence-electron chi connectivity index (χ2n) is 4.50. The zero-order chi connectivity index (χ0) is 13.9. The molecule has 2 heterocycles. The van der Waals surface area contributed by atoms with Crippen LogP contribution in [0.3, 0.4) is 0 Å². The molecule has 0 spiro atoms. The Morgan fingerprint density at radius 3 is 3.11 bits per heavy atom. The predicted octanol–water partition coefficient (Wildman–Crippen LogP) is 0.579. The number of nitrogen functional groups attached to an aromatic ring is 1. The maximum atomic E-state index is 11.1. The van der Waals surface area contributed by atoms with Crippen LogP contribution in [0.2, 0.25) is 0 Å². The number of carboxylic acid groups (broad SMARTS) is 1. The second-order valence-corrected chi connectivity index (χ2v) is 4.50. The molecule has 0 saturated carbocycles. The van der Waals surface area contributed by atoms with Gasteiger partial charge in [0.1, 0.15) is 11.4 Å². The van der Waals surface area contributed by atoms with Crippen molar-refractivity contribution >= 4 is 17.5 Å². The minimum Gasteiger partial charge on any atom is -0.478 e. The molecule has 1 saturated heterocycles. The van der Waals surface area contributed by atoms with Crippen molar-refractivity contribution in [1.82, 2.24) is 4.98 Å². The molecule has 0 aromatic carbocycles. The highest BCUT2D eigenvalue weighted by Gasteiger charge is 2.35. The molecule has 1 aliphatic rings. The Hall–Kier alpha value is -1.86. The molecule has 1 atom stereocenters. The van der Waals surface area contributed by atoms with Crippen LogP contribution in [0.15, 0.2) is 12.3 Å². The number of carboxylic acids is 1. The third-order valence-corrected chi connectivity index (χ3v) is 3.26. The molecule has 104 valence electrons. The fourth-order valence-electron chi connectivity index (χ4n) is 2.01. The van der Waals surface area contributed by atoms with Crippen LogP contribution in [-0.4, -0.2) is 48.5 Å². The Bertz CT molecular complexity index is 472. The number of anilines is 2. The van der Waals surface area contributed by atoms with E-state index in [2.05, 4.69) is 10.3 Å². The Kier molecular flexibility index (Phi) is 3.87. The first-order chi connectivity index (χ1) is 9.06. The number of methoxy groups -OCH3 is 1. The highest BCUT2D eigenvalue weighted by atomic mass is 16.5. The van der Waals surface area contributed by atoms with E-state index < -0.39 is 11.6 Å². The molecule has 7 nitrogen and oxygen atoms in total. The van der Waals surface area contributed by atoms with Gasteiger partial charge in [-0.15, -0.1) is 0 Å². The summed E-state index contributed by atoms with van der Waals surface area (Å²) in [7, 11) is 1.62. The first kappa shape index (κ1) is 13.6. The number of rotatable bonds is 5. The van der Waals surface area contributed by atoms with Crippen LogP contribution in [-0.2, 0) is 9.47 Å². The van der Waals surface area contributed by atoms with Crippen molar-refractivity contribution in [1.29, 1.82) is 0 Å². The quantitative estimate of drug-likeness (QED) is 0.716. The zero-order valence-corrected chi connectivity index (χ0v) is 10.7. The number of ether oxygens (including phenoxy) is 2. The number of hydrogen-bond donors (Lipinski definition) is 3.